The van der Waals surface area contributed by atoms with Gasteiger partial charge in [-0.3, -0.25) is 4.79 Å². The molecule has 1 aromatic carbocycles. The lowest BCUT2D eigenvalue weighted by atomic mass is 10.1. The Hall–Kier alpha value is -1.84. The van der Waals surface area contributed by atoms with Crippen molar-refractivity contribution < 1.29 is 19.4 Å². The number of carbonyl (C=O) groups excluding carboxylic acids is 1. The molecule has 0 aromatic heterocycles. The molecule has 0 heterocycles. The van der Waals surface area contributed by atoms with Gasteiger partial charge >= 0.3 is 11.9 Å². The van der Waals surface area contributed by atoms with Crippen LogP contribution in [0.1, 0.15) is 30.6 Å². The van der Waals surface area contributed by atoms with Crippen molar-refractivity contribution in [3.8, 4) is 5.75 Å². The van der Waals surface area contributed by atoms with Gasteiger partial charge in [-0.05, 0) is 30.7 Å². The number of rotatable bonds is 4. The molecule has 0 saturated carbocycles. The normalized spacial score (nSPS) is 11.9. The Bertz CT molecular complexity index is 381. The zero-order chi connectivity index (χ0) is 12.1. The smallest absolute Gasteiger partial charge is 0.335 e. The second-order valence-electron chi connectivity index (χ2n) is 3.56. The lowest BCUT2D eigenvalue weighted by molar-refractivity contribution is -0.138. The Labute approximate surface area is 93.9 Å². The third-order valence-corrected chi connectivity index (χ3v) is 2.33. The highest BCUT2D eigenvalue weighted by molar-refractivity contribution is 5.87. The minimum Gasteiger partial charge on any atom is -0.478 e. The number of aromatic carboxylic acids is 1. The SMILES string of the molecule is CCC(C)C(=O)Oc1ccc(C(=O)O)cc1. The van der Waals surface area contributed by atoms with Gasteiger partial charge in [-0.15, -0.1) is 0 Å². The van der Waals surface area contributed by atoms with Gasteiger partial charge in [0.1, 0.15) is 5.75 Å². The number of carboxylic acid groups (broad SMARTS) is 1. The summed E-state index contributed by atoms with van der Waals surface area (Å²) >= 11 is 0. The molecule has 4 nitrogen and oxygen atoms in total. The molecule has 0 amide bonds. The molecular weight excluding hydrogens is 208 g/mol. The molecule has 0 aliphatic carbocycles. The van der Waals surface area contributed by atoms with Crippen molar-refractivity contribution in [3.05, 3.63) is 29.8 Å². The van der Waals surface area contributed by atoms with Crippen molar-refractivity contribution >= 4 is 11.9 Å². The van der Waals surface area contributed by atoms with E-state index in [0.29, 0.717) is 12.2 Å². The van der Waals surface area contributed by atoms with E-state index in [1.807, 2.05) is 6.92 Å². The minimum absolute atomic E-state index is 0.154. The first-order valence-corrected chi connectivity index (χ1v) is 5.09. The molecule has 0 aliphatic rings. The summed E-state index contributed by atoms with van der Waals surface area (Å²) in [6, 6.07) is 5.76. The van der Waals surface area contributed by atoms with Crippen molar-refractivity contribution in [1.82, 2.24) is 0 Å². The first-order valence-electron chi connectivity index (χ1n) is 5.09. The first kappa shape index (κ1) is 12.2. The standard InChI is InChI=1S/C12H14O4/c1-3-8(2)12(15)16-10-6-4-9(5-7-10)11(13)14/h4-8H,3H2,1-2H3,(H,13,14). The summed E-state index contributed by atoms with van der Waals surface area (Å²) in [6.07, 6.45) is 0.714. The van der Waals surface area contributed by atoms with E-state index in [-0.39, 0.29) is 17.5 Å². The molecule has 1 rings (SSSR count). The fraction of sp³-hybridized carbons (Fsp3) is 0.333. The van der Waals surface area contributed by atoms with Crippen LogP contribution < -0.4 is 4.74 Å². The largest absolute Gasteiger partial charge is 0.478 e. The van der Waals surface area contributed by atoms with Crippen LogP contribution in [0.25, 0.3) is 0 Å². The zero-order valence-corrected chi connectivity index (χ0v) is 9.27. The fourth-order valence-corrected chi connectivity index (χ4v) is 1.05. The third-order valence-electron chi connectivity index (χ3n) is 2.33. The fourth-order valence-electron chi connectivity index (χ4n) is 1.05. The second-order valence-corrected chi connectivity index (χ2v) is 3.56. The van der Waals surface area contributed by atoms with Crippen LogP contribution in [0.15, 0.2) is 24.3 Å². The molecule has 4 heteroatoms. The molecule has 1 aromatic rings. The number of carbonyl (C=O) groups is 2. The summed E-state index contributed by atoms with van der Waals surface area (Å²) in [5.41, 5.74) is 0.170. The van der Waals surface area contributed by atoms with Gasteiger partial charge in [0.05, 0.1) is 11.5 Å². The first-order chi connectivity index (χ1) is 7.54. The van der Waals surface area contributed by atoms with Gasteiger partial charge in [0.25, 0.3) is 0 Å². The topological polar surface area (TPSA) is 63.6 Å². The molecule has 1 atom stereocenters. The van der Waals surface area contributed by atoms with Gasteiger partial charge in [0, 0.05) is 0 Å². The minimum atomic E-state index is -1.00. The summed E-state index contributed by atoms with van der Waals surface area (Å²) in [6.45, 7) is 3.69. The van der Waals surface area contributed by atoms with Gasteiger partial charge in [0.2, 0.25) is 0 Å². The van der Waals surface area contributed by atoms with E-state index in [9.17, 15) is 9.59 Å². The number of hydrogen-bond donors (Lipinski definition) is 1. The van der Waals surface area contributed by atoms with Crippen LogP contribution in [-0.4, -0.2) is 17.0 Å². The Morgan fingerprint density at radius 1 is 1.31 bits per heavy atom. The molecule has 0 aliphatic heterocycles. The quantitative estimate of drug-likeness (QED) is 0.627. The van der Waals surface area contributed by atoms with Gasteiger partial charge < -0.3 is 9.84 Å². The highest BCUT2D eigenvalue weighted by atomic mass is 16.5. The Morgan fingerprint density at radius 3 is 2.31 bits per heavy atom. The molecule has 0 radical (unpaired) electrons. The average molecular weight is 222 g/mol. The lowest BCUT2D eigenvalue weighted by Gasteiger charge is -2.08. The molecule has 0 saturated heterocycles. The van der Waals surface area contributed by atoms with Crippen LogP contribution in [0.4, 0.5) is 0 Å². The highest BCUT2D eigenvalue weighted by Gasteiger charge is 2.13. The van der Waals surface area contributed by atoms with Gasteiger partial charge in [-0.25, -0.2) is 4.79 Å². The molecule has 1 N–H and O–H groups in total. The zero-order valence-electron chi connectivity index (χ0n) is 9.27. The van der Waals surface area contributed by atoms with Crippen LogP contribution in [-0.2, 0) is 4.79 Å². The highest BCUT2D eigenvalue weighted by Crippen LogP contribution is 2.14. The van der Waals surface area contributed by atoms with Crippen molar-refractivity contribution in [3.63, 3.8) is 0 Å². The van der Waals surface area contributed by atoms with E-state index < -0.39 is 5.97 Å². The van der Waals surface area contributed by atoms with Gasteiger partial charge in [-0.2, -0.15) is 0 Å². The Morgan fingerprint density at radius 2 is 1.88 bits per heavy atom. The molecule has 16 heavy (non-hydrogen) atoms. The summed E-state index contributed by atoms with van der Waals surface area (Å²) in [7, 11) is 0. The Balaban J connectivity index is 2.69. The number of carboxylic acids is 1. The van der Waals surface area contributed by atoms with Crippen LogP contribution in [0.2, 0.25) is 0 Å². The van der Waals surface area contributed by atoms with Crippen LogP contribution in [0.5, 0.6) is 5.75 Å². The van der Waals surface area contributed by atoms with Crippen molar-refractivity contribution in [2.75, 3.05) is 0 Å². The van der Waals surface area contributed by atoms with E-state index in [0.717, 1.165) is 0 Å². The van der Waals surface area contributed by atoms with E-state index in [4.69, 9.17) is 9.84 Å². The second kappa shape index (κ2) is 5.30. The summed E-state index contributed by atoms with van der Waals surface area (Å²) in [5, 5.41) is 8.68. The molecule has 86 valence electrons. The van der Waals surface area contributed by atoms with Crippen molar-refractivity contribution in [2.45, 2.75) is 20.3 Å². The lowest BCUT2D eigenvalue weighted by Crippen LogP contribution is -2.16. The third kappa shape index (κ3) is 3.08. The maximum atomic E-state index is 11.4. The molecule has 0 spiro atoms. The van der Waals surface area contributed by atoms with E-state index in [1.165, 1.54) is 24.3 Å². The van der Waals surface area contributed by atoms with E-state index >= 15 is 0 Å². The Kier molecular flexibility index (Phi) is 4.05. The molecular formula is C12H14O4. The van der Waals surface area contributed by atoms with Crippen LogP contribution in [0, 0.1) is 5.92 Å². The van der Waals surface area contributed by atoms with Crippen LogP contribution >= 0.6 is 0 Å². The number of hydrogen-bond acceptors (Lipinski definition) is 3. The number of ether oxygens (including phenoxy) is 1. The van der Waals surface area contributed by atoms with Gasteiger partial charge in [-0.1, -0.05) is 13.8 Å². The van der Waals surface area contributed by atoms with Gasteiger partial charge in [0.15, 0.2) is 0 Å². The number of esters is 1. The van der Waals surface area contributed by atoms with E-state index in [1.54, 1.807) is 6.92 Å². The summed E-state index contributed by atoms with van der Waals surface area (Å²) in [4.78, 5) is 22.0. The number of benzene rings is 1. The van der Waals surface area contributed by atoms with Crippen molar-refractivity contribution in [1.29, 1.82) is 0 Å². The summed E-state index contributed by atoms with van der Waals surface area (Å²) < 4.78 is 5.07. The van der Waals surface area contributed by atoms with Crippen LogP contribution in [0.3, 0.4) is 0 Å². The van der Waals surface area contributed by atoms with E-state index in [2.05, 4.69) is 0 Å². The van der Waals surface area contributed by atoms with Crippen molar-refractivity contribution in [2.24, 2.45) is 5.92 Å². The maximum absolute atomic E-state index is 11.4. The molecule has 0 bridgehead atoms. The average Bonchev–Trinajstić information content (AvgIpc) is 2.28. The molecule has 1 unspecified atom stereocenters. The molecule has 0 fully saturated rings. The predicted octanol–water partition coefficient (Wildman–Crippen LogP) is 2.34. The monoisotopic (exact) mass is 222 g/mol. The predicted molar refractivity (Wildman–Crippen MR) is 58.5 cm³/mol. The maximum Gasteiger partial charge on any atom is 0.335 e. The summed E-state index contributed by atoms with van der Waals surface area (Å²) in [5.74, 6) is -1.08.